The third-order valence-electron chi connectivity index (χ3n) is 4.21. The van der Waals surface area contributed by atoms with Crippen molar-refractivity contribution in [2.75, 3.05) is 20.3 Å². The minimum atomic E-state index is -0.0339. The van der Waals surface area contributed by atoms with E-state index in [1.54, 1.807) is 13.2 Å². The Bertz CT molecular complexity index is 783. The van der Waals surface area contributed by atoms with Crippen molar-refractivity contribution in [3.05, 3.63) is 45.6 Å². The number of hydrogen-bond acceptors (Lipinski definition) is 5. The van der Waals surface area contributed by atoms with Crippen LogP contribution < -0.4 is 14.8 Å². The number of carbonyl (C=O) groups excluding carboxylic acids is 2. The molecule has 1 atom stereocenters. The van der Waals surface area contributed by atoms with Crippen molar-refractivity contribution in [1.82, 2.24) is 5.32 Å². The molecule has 1 aromatic heterocycles. The summed E-state index contributed by atoms with van der Waals surface area (Å²) >= 11 is 1.38. The lowest BCUT2D eigenvalue weighted by atomic mass is 9.96. The van der Waals surface area contributed by atoms with Gasteiger partial charge in [-0.1, -0.05) is 6.07 Å². The maximum absolute atomic E-state index is 12.1. The van der Waals surface area contributed by atoms with Crippen molar-refractivity contribution < 1.29 is 19.1 Å². The Balaban J connectivity index is 1.50. The van der Waals surface area contributed by atoms with Crippen LogP contribution in [-0.4, -0.2) is 32.0 Å². The molecule has 1 aromatic carbocycles. The Morgan fingerprint density at radius 2 is 2.20 bits per heavy atom. The summed E-state index contributed by atoms with van der Waals surface area (Å²) in [6.07, 6.45) is 1.16. The quantitative estimate of drug-likeness (QED) is 0.806. The van der Waals surface area contributed by atoms with Gasteiger partial charge in [-0.3, -0.25) is 9.59 Å². The molecular weight excluding hydrogens is 338 g/mol. The molecule has 1 amide bonds. The average molecular weight is 359 g/mol. The molecule has 0 saturated carbocycles. The second kappa shape index (κ2) is 7.70. The van der Waals surface area contributed by atoms with Crippen LogP contribution in [0, 0.1) is 5.92 Å². The van der Waals surface area contributed by atoms with Crippen LogP contribution in [0.5, 0.6) is 11.5 Å². The molecule has 5 nitrogen and oxygen atoms in total. The zero-order chi connectivity index (χ0) is 17.8. The van der Waals surface area contributed by atoms with E-state index in [0.29, 0.717) is 24.4 Å². The number of carbonyl (C=O) groups is 2. The van der Waals surface area contributed by atoms with Crippen LogP contribution in [0.4, 0.5) is 0 Å². The van der Waals surface area contributed by atoms with Gasteiger partial charge in [-0.2, -0.15) is 0 Å². The van der Waals surface area contributed by atoms with Crippen molar-refractivity contribution in [2.45, 2.75) is 19.8 Å². The third-order valence-corrected chi connectivity index (χ3v) is 5.29. The van der Waals surface area contributed by atoms with Gasteiger partial charge < -0.3 is 14.8 Å². The fraction of sp³-hybridized carbons (Fsp3) is 0.368. The fourth-order valence-electron chi connectivity index (χ4n) is 2.83. The zero-order valence-corrected chi connectivity index (χ0v) is 15.2. The Labute approximate surface area is 151 Å². The number of benzene rings is 1. The van der Waals surface area contributed by atoms with Gasteiger partial charge in [0.2, 0.25) is 5.91 Å². The first kappa shape index (κ1) is 17.5. The number of amides is 1. The van der Waals surface area contributed by atoms with Gasteiger partial charge in [0.15, 0.2) is 5.78 Å². The van der Waals surface area contributed by atoms with Gasteiger partial charge in [0, 0.05) is 18.5 Å². The van der Waals surface area contributed by atoms with E-state index >= 15 is 0 Å². The molecular formula is C19H21NO4S. The number of thiophene rings is 1. The van der Waals surface area contributed by atoms with Gasteiger partial charge >= 0.3 is 0 Å². The first-order valence-electron chi connectivity index (χ1n) is 8.20. The maximum atomic E-state index is 12.1. The number of ether oxygens (including phenoxy) is 2. The van der Waals surface area contributed by atoms with Gasteiger partial charge in [-0.05, 0) is 42.0 Å². The van der Waals surface area contributed by atoms with E-state index in [2.05, 4.69) is 5.32 Å². The molecule has 0 unspecified atom stereocenters. The molecule has 6 heteroatoms. The molecule has 3 rings (SSSR count). The summed E-state index contributed by atoms with van der Waals surface area (Å²) in [5, 5.41) is 4.83. The van der Waals surface area contributed by atoms with E-state index in [4.69, 9.17) is 9.47 Å². The topological polar surface area (TPSA) is 64.6 Å². The molecule has 1 aliphatic rings. The Kier molecular flexibility index (Phi) is 5.38. The molecule has 2 heterocycles. The highest BCUT2D eigenvalue weighted by Crippen LogP contribution is 2.30. The van der Waals surface area contributed by atoms with Gasteiger partial charge in [0.05, 0.1) is 25.0 Å². The van der Waals surface area contributed by atoms with E-state index < -0.39 is 0 Å². The van der Waals surface area contributed by atoms with E-state index in [1.165, 1.54) is 18.3 Å². The van der Waals surface area contributed by atoms with Crippen molar-refractivity contribution in [3.8, 4) is 11.5 Å². The smallest absolute Gasteiger partial charge is 0.224 e. The molecule has 25 heavy (non-hydrogen) atoms. The third kappa shape index (κ3) is 4.39. The molecule has 2 aromatic rings. The summed E-state index contributed by atoms with van der Waals surface area (Å²) in [6.45, 7) is 2.69. The highest BCUT2D eigenvalue weighted by Gasteiger charge is 2.21. The van der Waals surface area contributed by atoms with Gasteiger partial charge in [0.1, 0.15) is 11.5 Å². The van der Waals surface area contributed by atoms with E-state index in [9.17, 15) is 9.59 Å². The SMILES string of the molecule is COc1ccc2c(c1)OC[C@@H](CNC(=O)Cc1csc(C(C)=O)c1)C2. The number of rotatable bonds is 6. The highest BCUT2D eigenvalue weighted by molar-refractivity contribution is 7.12. The first-order chi connectivity index (χ1) is 12.0. The lowest BCUT2D eigenvalue weighted by Crippen LogP contribution is -2.35. The van der Waals surface area contributed by atoms with Crippen molar-refractivity contribution in [1.29, 1.82) is 0 Å². The monoisotopic (exact) mass is 359 g/mol. The molecule has 0 aliphatic carbocycles. The van der Waals surface area contributed by atoms with Crippen LogP contribution in [-0.2, 0) is 17.6 Å². The predicted molar refractivity (Wildman–Crippen MR) is 96.7 cm³/mol. The number of methoxy groups -OCH3 is 1. The van der Waals surface area contributed by atoms with Crippen molar-refractivity contribution in [2.24, 2.45) is 5.92 Å². The fourth-order valence-corrected chi connectivity index (χ4v) is 3.65. The summed E-state index contributed by atoms with van der Waals surface area (Å²) in [7, 11) is 1.63. The van der Waals surface area contributed by atoms with Crippen LogP contribution in [0.1, 0.15) is 27.7 Å². The second-order valence-electron chi connectivity index (χ2n) is 6.21. The lowest BCUT2D eigenvalue weighted by molar-refractivity contribution is -0.120. The van der Waals surface area contributed by atoms with Crippen LogP contribution in [0.15, 0.2) is 29.6 Å². The largest absolute Gasteiger partial charge is 0.497 e. The number of fused-ring (bicyclic) bond motifs is 1. The normalized spacial score (nSPS) is 15.8. The predicted octanol–water partition coefficient (Wildman–Crippen LogP) is 2.87. The van der Waals surface area contributed by atoms with Gasteiger partial charge in [-0.25, -0.2) is 0 Å². The molecule has 1 aliphatic heterocycles. The summed E-state index contributed by atoms with van der Waals surface area (Å²) in [5.41, 5.74) is 2.01. The molecule has 132 valence electrons. The van der Waals surface area contributed by atoms with E-state index in [0.717, 1.165) is 29.0 Å². The van der Waals surface area contributed by atoms with Crippen molar-refractivity contribution in [3.63, 3.8) is 0 Å². The summed E-state index contributed by atoms with van der Waals surface area (Å²) < 4.78 is 11.0. The maximum Gasteiger partial charge on any atom is 0.224 e. The highest BCUT2D eigenvalue weighted by atomic mass is 32.1. The molecule has 0 saturated heterocycles. The minimum Gasteiger partial charge on any atom is -0.497 e. The van der Waals surface area contributed by atoms with Crippen LogP contribution in [0.2, 0.25) is 0 Å². The lowest BCUT2D eigenvalue weighted by Gasteiger charge is -2.25. The molecule has 0 bridgehead atoms. The summed E-state index contributed by atoms with van der Waals surface area (Å²) in [5.74, 6) is 1.89. The number of ketones is 1. The summed E-state index contributed by atoms with van der Waals surface area (Å²) in [4.78, 5) is 24.1. The molecule has 0 fully saturated rings. The van der Waals surface area contributed by atoms with Crippen LogP contribution in [0.3, 0.4) is 0 Å². The van der Waals surface area contributed by atoms with Gasteiger partial charge in [0.25, 0.3) is 0 Å². The molecule has 1 N–H and O–H groups in total. The Hall–Kier alpha value is -2.34. The number of hydrogen-bond donors (Lipinski definition) is 1. The van der Waals surface area contributed by atoms with Crippen molar-refractivity contribution >= 4 is 23.0 Å². The number of Topliss-reactive ketones (excluding diaryl/α,β-unsaturated/α-hetero) is 1. The Morgan fingerprint density at radius 1 is 1.36 bits per heavy atom. The first-order valence-corrected chi connectivity index (χ1v) is 9.08. The van der Waals surface area contributed by atoms with E-state index in [-0.39, 0.29) is 17.6 Å². The Morgan fingerprint density at radius 3 is 2.92 bits per heavy atom. The van der Waals surface area contributed by atoms with E-state index in [1.807, 2.05) is 23.6 Å². The van der Waals surface area contributed by atoms with Crippen LogP contribution in [0.25, 0.3) is 0 Å². The van der Waals surface area contributed by atoms with Crippen LogP contribution >= 0.6 is 11.3 Å². The minimum absolute atomic E-state index is 0.0336. The summed E-state index contributed by atoms with van der Waals surface area (Å²) in [6, 6.07) is 7.62. The zero-order valence-electron chi connectivity index (χ0n) is 14.3. The average Bonchev–Trinajstić information content (AvgIpc) is 3.08. The second-order valence-corrected chi connectivity index (χ2v) is 7.12. The molecule has 0 radical (unpaired) electrons. The number of nitrogens with one attached hydrogen (secondary N) is 1. The molecule has 0 spiro atoms. The standard InChI is InChI=1S/C19H21NO4S/c1-12(21)18-6-13(11-25-18)7-19(22)20-9-14-5-15-3-4-16(23-2)8-17(15)24-10-14/h3-4,6,8,11,14H,5,7,9-10H2,1-2H3,(H,20,22)/t14-/m1/s1. The van der Waals surface area contributed by atoms with Gasteiger partial charge in [-0.15, -0.1) is 11.3 Å².